The summed E-state index contributed by atoms with van der Waals surface area (Å²) >= 11 is 1.26. The van der Waals surface area contributed by atoms with E-state index in [1.165, 1.54) is 22.0 Å². The van der Waals surface area contributed by atoms with Crippen molar-refractivity contribution >= 4 is 39.1 Å². The van der Waals surface area contributed by atoms with Crippen LogP contribution >= 0.6 is 11.3 Å². The van der Waals surface area contributed by atoms with Gasteiger partial charge >= 0.3 is 5.97 Å². The Balaban J connectivity index is 1.70. The first-order chi connectivity index (χ1) is 15.9. The summed E-state index contributed by atoms with van der Waals surface area (Å²) < 4.78 is 6.73. The normalized spacial score (nSPS) is 10.9. The van der Waals surface area contributed by atoms with Gasteiger partial charge in [-0.05, 0) is 37.5 Å². The molecule has 1 N–H and O–H groups in total. The molecule has 2 aromatic carbocycles. The van der Waals surface area contributed by atoms with Crippen LogP contribution in [-0.2, 0) is 16.1 Å². The molecule has 2 heterocycles. The molecule has 0 saturated carbocycles. The van der Waals surface area contributed by atoms with Gasteiger partial charge in [0.1, 0.15) is 17.1 Å². The van der Waals surface area contributed by atoms with Crippen LogP contribution in [0.25, 0.3) is 22.0 Å². The van der Waals surface area contributed by atoms with E-state index in [1.807, 2.05) is 67.8 Å². The SMILES string of the molecule is CCOC(=O)c1c(-c2ccccc2)csc1NC(=O)Cn1c(=O)cc(C)c2cccc(C)c21. The van der Waals surface area contributed by atoms with Crippen LogP contribution in [0, 0.1) is 13.8 Å². The zero-order chi connectivity index (χ0) is 23.5. The molecule has 0 atom stereocenters. The maximum Gasteiger partial charge on any atom is 0.341 e. The van der Waals surface area contributed by atoms with Crippen molar-refractivity contribution in [3.05, 3.63) is 87.0 Å². The number of pyridine rings is 1. The maximum atomic E-state index is 13.0. The second kappa shape index (κ2) is 9.42. The topological polar surface area (TPSA) is 77.4 Å². The van der Waals surface area contributed by atoms with E-state index in [9.17, 15) is 14.4 Å². The summed E-state index contributed by atoms with van der Waals surface area (Å²) in [6.07, 6.45) is 0. The van der Waals surface area contributed by atoms with E-state index in [0.717, 1.165) is 27.6 Å². The minimum absolute atomic E-state index is 0.165. The third kappa shape index (κ3) is 4.45. The first kappa shape index (κ1) is 22.5. The average molecular weight is 461 g/mol. The smallest absolute Gasteiger partial charge is 0.341 e. The summed E-state index contributed by atoms with van der Waals surface area (Å²) in [4.78, 5) is 38.5. The number of nitrogens with one attached hydrogen (secondary N) is 1. The molecule has 0 spiro atoms. The minimum atomic E-state index is -0.498. The number of carbonyl (C=O) groups is 2. The number of aromatic nitrogens is 1. The number of hydrogen-bond donors (Lipinski definition) is 1. The molecule has 0 saturated heterocycles. The van der Waals surface area contributed by atoms with Crippen LogP contribution in [0.5, 0.6) is 0 Å². The molecule has 0 aliphatic rings. The molecule has 0 aliphatic heterocycles. The van der Waals surface area contributed by atoms with Crippen LogP contribution in [0.1, 0.15) is 28.4 Å². The van der Waals surface area contributed by atoms with E-state index in [0.29, 0.717) is 16.1 Å². The standard InChI is InChI=1S/C26H24N2O4S/c1-4-32-26(31)23-20(18-10-6-5-7-11-18)15-33-25(23)27-21(29)14-28-22(30)13-17(3)19-12-8-9-16(2)24(19)28/h5-13,15H,4,14H2,1-3H3,(H,27,29). The van der Waals surface area contributed by atoms with Crippen LogP contribution < -0.4 is 10.9 Å². The number of nitrogens with zero attached hydrogens (tertiary/aromatic N) is 1. The second-order valence-corrected chi connectivity index (χ2v) is 8.59. The summed E-state index contributed by atoms with van der Waals surface area (Å²) in [5, 5.41) is 5.99. The van der Waals surface area contributed by atoms with Crippen LogP contribution in [0.2, 0.25) is 0 Å². The number of ether oxygens (including phenoxy) is 1. The molecule has 33 heavy (non-hydrogen) atoms. The average Bonchev–Trinajstić information content (AvgIpc) is 3.21. The Morgan fingerprint density at radius 1 is 1.03 bits per heavy atom. The zero-order valence-corrected chi connectivity index (χ0v) is 19.5. The summed E-state index contributed by atoms with van der Waals surface area (Å²) in [6, 6.07) is 16.8. The second-order valence-electron chi connectivity index (χ2n) is 7.71. The number of para-hydroxylation sites is 1. The summed E-state index contributed by atoms with van der Waals surface area (Å²) in [7, 11) is 0. The summed E-state index contributed by atoms with van der Waals surface area (Å²) in [5.41, 5.74) is 4.14. The lowest BCUT2D eigenvalue weighted by Gasteiger charge is -2.14. The van der Waals surface area contributed by atoms with Crippen LogP contribution in [0.15, 0.2) is 64.8 Å². The Morgan fingerprint density at radius 2 is 1.79 bits per heavy atom. The number of carbonyl (C=O) groups excluding carboxylic acids is 2. The predicted octanol–water partition coefficient (Wildman–Crippen LogP) is 5.16. The van der Waals surface area contributed by atoms with Gasteiger partial charge in [-0.2, -0.15) is 0 Å². The van der Waals surface area contributed by atoms with Crippen molar-refractivity contribution in [1.82, 2.24) is 4.57 Å². The molecule has 2 aromatic heterocycles. The highest BCUT2D eigenvalue weighted by molar-refractivity contribution is 7.15. The van der Waals surface area contributed by atoms with E-state index in [4.69, 9.17) is 4.74 Å². The number of amides is 1. The highest BCUT2D eigenvalue weighted by atomic mass is 32.1. The summed E-state index contributed by atoms with van der Waals surface area (Å²) in [5.74, 6) is -0.890. The fourth-order valence-corrected chi connectivity index (χ4v) is 4.91. The first-order valence-corrected chi connectivity index (χ1v) is 11.5. The van der Waals surface area contributed by atoms with E-state index in [2.05, 4.69) is 5.32 Å². The zero-order valence-electron chi connectivity index (χ0n) is 18.7. The largest absolute Gasteiger partial charge is 0.462 e. The lowest BCUT2D eigenvalue weighted by molar-refractivity contribution is -0.116. The lowest BCUT2D eigenvalue weighted by Crippen LogP contribution is -2.28. The number of benzene rings is 2. The van der Waals surface area contributed by atoms with Crippen LogP contribution in [-0.4, -0.2) is 23.1 Å². The molecule has 6 nitrogen and oxygen atoms in total. The Kier molecular flexibility index (Phi) is 6.42. The Bertz CT molecular complexity index is 1400. The third-order valence-electron chi connectivity index (χ3n) is 5.45. The van der Waals surface area contributed by atoms with Crippen molar-refractivity contribution in [2.24, 2.45) is 0 Å². The van der Waals surface area contributed by atoms with E-state index in [-0.39, 0.29) is 18.7 Å². The van der Waals surface area contributed by atoms with Crippen molar-refractivity contribution in [2.75, 3.05) is 11.9 Å². The number of anilines is 1. The van der Waals surface area contributed by atoms with Gasteiger partial charge in [0.2, 0.25) is 5.91 Å². The number of aryl methyl sites for hydroxylation is 2. The molecule has 1 amide bonds. The number of thiophene rings is 1. The van der Waals surface area contributed by atoms with Gasteiger partial charge in [0.05, 0.1) is 12.1 Å². The molecule has 0 fully saturated rings. The van der Waals surface area contributed by atoms with Crippen LogP contribution in [0.4, 0.5) is 5.00 Å². The molecule has 0 radical (unpaired) electrons. The van der Waals surface area contributed by atoms with Gasteiger partial charge in [0, 0.05) is 22.4 Å². The number of esters is 1. The predicted molar refractivity (Wildman–Crippen MR) is 132 cm³/mol. The van der Waals surface area contributed by atoms with Crippen molar-refractivity contribution < 1.29 is 14.3 Å². The van der Waals surface area contributed by atoms with E-state index in [1.54, 1.807) is 6.92 Å². The van der Waals surface area contributed by atoms with Gasteiger partial charge < -0.3 is 10.1 Å². The molecule has 4 rings (SSSR count). The van der Waals surface area contributed by atoms with Gasteiger partial charge in [-0.3, -0.25) is 14.2 Å². The number of rotatable bonds is 6. The Morgan fingerprint density at radius 3 is 2.52 bits per heavy atom. The third-order valence-corrected chi connectivity index (χ3v) is 6.34. The van der Waals surface area contributed by atoms with Gasteiger partial charge in [-0.15, -0.1) is 11.3 Å². The molecule has 0 aliphatic carbocycles. The molecular weight excluding hydrogens is 436 g/mol. The van der Waals surface area contributed by atoms with Gasteiger partial charge in [-0.25, -0.2) is 4.79 Å². The van der Waals surface area contributed by atoms with Crippen molar-refractivity contribution in [3.8, 4) is 11.1 Å². The van der Waals surface area contributed by atoms with Gasteiger partial charge in [0.15, 0.2) is 0 Å². The molecular formula is C26H24N2O4S. The highest BCUT2D eigenvalue weighted by Crippen LogP contribution is 2.36. The monoisotopic (exact) mass is 460 g/mol. The van der Waals surface area contributed by atoms with Gasteiger partial charge in [0.25, 0.3) is 5.56 Å². The molecule has 0 unspecified atom stereocenters. The maximum absolute atomic E-state index is 13.0. The fraction of sp³-hybridized carbons (Fsp3) is 0.192. The minimum Gasteiger partial charge on any atom is -0.462 e. The molecule has 168 valence electrons. The van der Waals surface area contributed by atoms with E-state index >= 15 is 0 Å². The highest BCUT2D eigenvalue weighted by Gasteiger charge is 2.23. The molecule has 4 aromatic rings. The molecule has 7 heteroatoms. The van der Waals surface area contributed by atoms with Crippen LogP contribution in [0.3, 0.4) is 0 Å². The van der Waals surface area contributed by atoms with E-state index < -0.39 is 11.9 Å². The van der Waals surface area contributed by atoms with Gasteiger partial charge in [-0.1, -0.05) is 48.5 Å². The quantitative estimate of drug-likeness (QED) is 0.403. The molecule has 0 bridgehead atoms. The lowest BCUT2D eigenvalue weighted by atomic mass is 10.0. The number of fused-ring (bicyclic) bond motifs is 1. The van der Waals surface area contributed by atoms with Crippen molar-refractivity contribution in [2.45, 2.75) is 27.3 Å². The Hall–Kier alpha value is -3.71. The summed E-state index contributed by atoms with van der Waals surface area (Å²) in [6.45, 7) is 5.60. The fourth-order valence-electron chi connectivity index (χ4n) is 3.94. The van der Waals surface area contributed by atoms with Crippen molar-refractivity contribution in [1.29, 1.82) is 0 Å². The Labute approximate surface area is 195 Å². The van der Waals surface area contributed by atoms with Crippen molar-refractivity contribution in [3.63, 3.8) is 0 Å². The number of hydrogen-bond acceptors (Lipinski definition) is 5. The first-order valence-electron chi connectivity index (χ1n) is 10.6.